The molecule has 1 heterocycles. The first-order valence-electron chi connectivity index (χ1n) is 9.64. The van der Waals surface area contributed by atoms with E-state index >= 15 is 0 Å². The van der Waals surface area contributed by atoms with Crippen molar-refractivity contribution in [3.63, 3.8) is 0 Å². The number of amides is 1. The molecule has 1 aromatic heterocycles. The van der Waals surface area contributed by atoms with Crippen LogP contribution >= 0.6 is 11.6 Å². The molecule has 1 atom stereocenters. The summed E-state index contributed by atoms with van der Waals surface area (Å²) in [6, 6.07) is 8.86. The number of benzene rings is 2. The third-order valence-electron chi connectivity index (χ3n) is 4.55. The van der Waals surface area contributed by atoms with Gasteiger partial charge in [0.05, 0.1) is 18.7 Å². The van der Waals surface area contributed by atoms with E-state index in [0.29, 0.717) is 40.1 Å². The van der Waals surface area contributed by atoms with Crippen molar-refractivity contribution in [2.24, 2.45) is 7.05 Å². The molecule has 6 nitrogen and oxygen atoms in total. The standard InChI is InChI=1S/C23H23ClFN3O3/c1-4-31-19-13-15(12-18(24)22(19)30-3)8-9-20(29)27-21(23-26-10-11-28(23)2)16-6-5-7-17(25)14-16/h5-14,21H,4H2,1-3H3,(H,27,29)/b9-8+. The molecule has 0 fully saturated rings. The third-order valence-corrected chi connectivity index (χ3v) is 4.83. The molecular formula is C23H23ClFN3O3. The first kappa shape index (κ1) is 22.4. The van der Waals surface area contributed by atoms with Gasteiger partial charge >= 0.3 is 0 Å². The Bertz CT molecular complexity index is 1100. The molecule has 3 aromatic rings. The first-order chi connectivity index (χ1) is 14.9. The zero-order valence-electron chi connectivity index (χ0n) is 17.4. The summed E-state index contributed by atoms with van der Waals surface area (Å²) < 4.78 is 26.4. The fourth-order valence-electron chi connectivity index (χ4n) is 3.15. The Balaban J connectivity index is 1.85. The van der Waals surface area contributed by atoms with Crippen LogP contribution in [0.3, 0.4) is 0 Å². The maximum atomic E-state index is 13.8. The first-order valence-corrected chi connectivity index (χ1v) is 10.0. The molecule has 0 saturated carbocycles. The third kappa shape index (κ3) is 5.44. The van der Waals surface area contributed by atoms with Gasteiger partial charge in [0.15, 0.2) is 11.5 Å². The van der Waals surface area contributed by atoms with Crippen LogP contribution in [0.4, 0.5) is 4.39 Å². The van der Waals surface area contributed by atoms with Crippen molar-refractivity contribution >= 4 is 23.6 Å². The largest absolute Gasteiger partial charge is 0.491 e. The summed E-state index contributed by atoms with van der Waals surface area (Å²) in [5.74, 6) is 0.743. The second kappa shape index (κ2) is 10.1. The van der Waals surface area contributed by atoms with Crippen LogP contribution in [0.2, 0.25) is 5.02 Å². The van der Waals surface area contributed by atoms with Crippen molar-refractivity contribution in [1.29, 1.82) is 0 Å². The topological polar surface area (TPSA) is 65.4 Å². The van der Waals surface area contributed by atoms with Crippen molar-refractivity contribution < 1.29 is 18.7 Å². The molecule has 1 N–H and O–H groups in total. The average molecular weight is 444 g/mol. The predicted molar refractivity (Wildman–Crippen MR) is 118 cm³/mol. The number of halogens is 2. The Hall–Kier alpha value is -3.32. The Kier molecular flexibility index (Phi) is 7.31. The van der Waals surface area contributed by atoms with Gasteiger partial charge in [-0.15, -0.1) is 0 Å². The average Bonchev–Trinajstić information content (AvgIpc) is 3.16. The van der Waals surface area contributed by atoms with E-state index in [-0.39, 0.29) is 5.91 Å². The Morgan fingerprint density at radius 2 is 2.16 bits per heavy atom. The molecule has 0 aliphatic rings. The highest BCUT2D eigenvalue weighted by molar-refractivity contribution is 6.32. The van der Waals surface area contributed by atoms with E-state index in [9.17, 15) is 9.18 Å². The number of nitrogens with one attached hydrogen (secondary N) is 1. The molecule has 1 unspecified atom stereocenters. The van der Waals surface area contributed by atoms with Crippen molar-refractivity contribution in [2.75, 3.05) is 13.7 Å². The Morgan fingerprint density at radius 1 is 1.35 bits per heavy atom. The van der Waals surface area contributed by atoms with Crippen LogP contribution in [-0.4, -0.2) is 29.2 Å². The second-order valence-corrected chi connectivity index (χ2v) is 7.10. The van der Waals surface area contributed by atoms with Crippen molar-refractivity contribution in [1.82, 2.24) is 14.9 Å². The van der Waals surface area contributed by atoms with Crippen LogP contribution in [0.15, 0.2) is 54.9 Å². The minimum absolute atomic E-state index is 0.373. The van der Waals surface area contributed by atoms with Crippen LogP contribution in [0.5, 0.6) is 11.5 Å². The van der Waals surface area contributed by atoms with Crippen LogP contribution in [0.1, 0.15) is 29.9 Å². The monoisotopic (exact) mass is 443 g/mol. The number of rotatable bonds is 8. The fraction of sp³-hybridized carbons (Fsp3) is 0.217. The van der Waals surface area contributed by atoms with E-state index in [1.165, 1.54) is 25.3 Å². The zero-order chi connectivity index (χ0) is 22.4. The number of methoxy groups -OCH3 is 1. The van der Waals surface area contributed by atoms with Gasteiger partial charge in [0.25, 0.3) is 0 Å². The van der Waals surface area contributed by atoms with E-state index in [2.05, 4.69) is 10.3 Å². The molecule has 0 saturated heterocycles. The summed E-state index contributed by atoms with van der Waals surface area (Å²) in [5.41, 5.74) is 1.26. The van der Waals surface area contributed by atoms with Crippen LogP contribution < -0.4 is 14.8 Å². The SMILES string of the molecule is CCOc1cc(/C=C/C(=O)NC(c2cccc(F)c2)c2nccn2C)cc(Cl)c1OC. The van der Waals surface area contributed by atoms with Crippen molar-refractivity contribution in [3.05, 3.63) is 82.7 Å². The normalized spacial score (nSPS) is 12.0. The van der Waals surface area contributed by atoms with Gasteiger partial charge < -0.3 is 19.4 Å². The molecule has 3 rings (SSSR count). The Morgan fingerprint density at radius 3 is 2.81 bits per heavy atom. The smallest absolute Gasteiger partial charge is 0.244 e. The van der Waals surface area contributed by atoms with Crippen LogP contribution in [0, 0.1) is 5.82 Å². The summed E-state index contributed by atoms with van der Waals surface area (Å²) in [6.07, 6.45) is 6.38. The highest BCUT2D eigenvalue weighted by Gasteiger charge is 2.20. The highest BCUT2D eigenvalue weighted by Crippen LogP contribution is 2.36. The second-order valence-electron chi connectivity index (χ2n) is 6.69. The summed E-state index contributed by atoms with van der Waals surface area (Å²) in [4.78, 5) is 17.0. The van der Waals surface area contributed by atoms with Gasteiger partial charge in [-0.2, -0.15) is 0 Å². The maximum absolute atomic E-state index is 13.8. The molecule has 2 aromatic carbocycles. The number of ether oxygens (including phenoxy) is 2. The van der Waals surface area contributed by atoms with Gasteiger partial charge in [0, 0.05) is 25.5 Å². The molecule has 1 amide bonds. The summed E-state index contributed by atoms with van der Waals surface area (Å²) >= 11 is 6.26. The van der Waals surface area contributed by atoms with Gasteiger partial charge in [-0.05, 0) is 48.4 Å². The van der Waals surface area contributed by atoms with E-state index in [4.69, 9.17) is 21.1 Å². The molecule has 0 bridgehead atoms. The van der Waals surface area contributed by atoms with E-state index in [1.54, 1.807) is 47.3 Å². The highest BCUT2D eigenvalue weighted by atomic mass is 35.5. The van der Waals surface area contributed by atoms with Gasteiger partial charge in [0.2, 0.25) is 5.91 Å². The molecule has 0 aliphatic heterocycles. The number of carbonyl (C=O) groups excluding carboxylic acids is 1. The predicted octanol–water partition coefficient (Wildman–Crippen LogP) is 4.54. The van der Waals surface area contributed by atoms with Gasteiger partial charge in [0.1, 0.15) is 17.7 Å². The van der Waals surface area contributed by atoms with Crippen LogP contribution in [0.25, 0.3) is 6.08 Å². The van der Waals surface area contributed by atoms with Gasteiger partial charge in [-0.3, -0.25) is 4.79 Å². The lowest BCUT2D eigenvalue weighted by molar-refractivity contribution is -0.117. The minimum Gasteiger partial charge on any atom is -0.491 e. The van der Waals surface area contributed by atoms with E-state index in [0.717, 1.165) is 0 Å². The number of carbonyl (C=O) groups is 1. The zero-order valence-corrected chi connectivity index (χ0v) is 18.2. The number of aryl methyl sites for hydroxylation is 1. The van der Waals surface area contributed by atoms with E-state index in [1.807, 2.05) is 14.0 Å². The van der Waals surface area contributed by atoms with E-state index < -0.39 is 11.9 Å². The fourth-order valence-corrected chi connectivity index (χ4v) is 3.44. The van der Waals surface area contributed by atoms with Crippen molar-refractivity contribution in [2.45, 2.75) is 13.0 Å². The Labute approximate surface area is 185 Å². The molecule has 0 radical (unpaired) electrons. The number of imidazole rings is 1. The maximum Gasteiger partial charge on any atom is 0.244 e. The quantitative estimate of drug-likeness (QED) is 0.519. The summed E-state index contributed by atoms with van der Waals surface area (Å²) in [5, 5.41) is 3.26. The lowest BCUT2D eigenvalue weighted by atomic mass is 10.1. The molecule has 31 heavy (non-hydrogen) atoms. The van der Waals surface area contributed by atoms with Crippen LogP contribution in [-0.2, 0) is 11.8 Å². The molecule has 162 valence electrons. The number of nitrogens with zero attached hydrogens (tertiary/aromatic N) is 2. The van der Waals surface area contributed by atoms with Gasteiger partial charge in [-0.25, -0.2) is 9.37 Å². The molecule has 0 aliphatic carbocycles. The summed E-state index contributed by atoms with van der Waals surface area (Å²) in [7, 11) is 3.32. The lowest BCUT2D eigenvalue weighted by Gasteiger charge is -2.18. The summed E-state index contributed by atoms with van der Waals surface area (Å²) in [6.45, 7) is 2.30. The molecular weight excluding hydrogens is 421 g/mol. The van der Waals surface area contributed by atoms with Gasteiger partial charge in [-0.1, -0.05) is 23.7 Å². The van der Waals surface area contributed by atoms with Crippen molar-refractivity contribution in [3.8, 4) is 11.5 Å². The number of hydrogen-bond donors (Lipinski definition) is 1. The molecule has 0 spiro atoms. The number of aromatic nitrogens is 2. The minimum atomic E-state index is -0.619. The lowest BCUT2D eigenvalue weighted by Crippen LogP contribution is -2.29. The number of hydrogen-bond acceptors (Lipinski definition) is 4. The molecule has 8 heteroatoms.